The van der Waals surface area contributed by atoms with Crippen LogP contribution >= 0.6 is 0 Å². The third-order valence-electron chi connectivity index (χ3n) is 3.66. The first-order valence-corrected chi connectivity index (χ1v) is 8.01. The molecule has 1 aliphatic heterocycles. The van der Waals surface area contributed by atoms with Crippen molar-refractivity contribution in [2.45, 2.75) is 56.1 Å². The summed E-state index contributed by atoms with van der Waals surface area (Å²) in [5.74, 6) is -0.692. The Hall–Kier alpha value is -0.830. The minimum absolute atomic E-state index is 0.0832. The van der Waals surface area contributed by atoms with Gasteiger partial charge >= 0.3 is 6.18 Å². The van der Waals surface area contributed by atoms with E-state index in [9.17, 15) is 26.4 Å². The Labute approximate surface area is 115 Å². The van der Waals surface area contributed by atoms with Crippen LogP contribution in [0.1, 0.15) is 32.6 Å². The summed E-state index contributed by atoms with van der Waals surface area (Å²) in [4.78, 5) is 12.1. The summed E-state index contributed by atoms with van der Waals surface area (Å²) in [6.45, 7) is 0.835. The maximum Gasteiger partial charge on any atom is 0.408 e. The fraction of sp³-hybridized carbons (Fsp3) is 0.909. The van der Waals surface area contributed by atoms with Crippen molar-refractivity contribution in [1.82, 2.24) is 9.62 Å². The second-order valence-corrected chi connectivity index (χ2v) is 7.36. The van der Waals surface area contributed by atoms with Gasteiger partial charge in [0, 0.05) is 19.5 Å². The van der Waals surface area contributed by atoms with Crippen molar-refractivity contribution in [3.63, 3.8) is 0 Å². The normalized spacial score (nSPS) is 28.5. The fourth-order valence-electron chi connectivity index (χ4n) is 2.46. The maximum atomic E-state index is 12.8. The number of carbonyl (C=O) groups is 1. The summed E-state index contributed by atoms with van der Waals surface area (Å²) in [5, 5.41) is -0.423. The number of nitrogens with zero attached hydrogens (tertiary/aromatic N) is 1. The molecule has 0 aromatic carbocycles. The molecule has 1 saturated heterocycles. The third kappa shape index (κ3) is 3.43. The lowest BCUT2D eigenvalue weighted by atomic mass is 9.98. The molecule has 1 heterocycles. The van der Waals surface area contributed by atoms with E-state index < -0.39 is 39.4 Å². The van der Waals surface area contributed by atoms with E-state index in [1.54, 1.807) is 0 Å². The van der Waals surface area contributed by atoms with Crippen LogP contribution in [-0.2, 0) is 14.8 Å². The van der Waals surface area contributed by atoms with E-state index in [4.69, 9.17) is 0 Å². The monoisotopic (exact) mass is 314 g/mol. The first-order chi connectivity index (χ1) is 9.11. The molecular weight excluding hydrogens is 297 g/mol. The highest BCUT2D eigenvalue weighted by molar-refractivity contribution is 7.90. The summed E-state index contributed by atoms with van der Waals surface area (Å²) >= 11 is 0. The van der Waals surface area contributed by atoms with Gasteiger partial charge in [-0.05, 0) is 25.7 Å². The van der Waals surface area contributed by atoms with Gasteiger partial charge in [0.25, 0.3) is 0 Å². The van der Waals surface area contributed by atoms with E-state index in [-0.39, 0.29) is 19.4 Å². The summed E-state index contributed by atoms with van der Waals surface area (Å²) < 4.78 is 64.5. The van der Waals surface area contributed by atoms with Crippen molar-refractivity contribution in [2.75, 3.05) is 6.54 Å². The maximum absolute atomic E-state index is 12.8. The van der Waals surface area contributed by atoms with Gasteiger partial charge in [0.05, 0.1) is 5.25 Å². The molecule has 9 heteroatoms. The van der Waals surface area contributed by atoms with E-state index >= 15 is 0 Å². The second kappa shape index (κ2) is 5.18. The third-order valence-corrected chi connectivity index (χ3v) is 5.67. The Morgan fingerprint density at radius 1 is 1.20 bits per heavy atom. The van der Waals surface area contributed by atoms with Crippen LogP contribution < -0.4 is 4.72 Å². The Bertz CT molecular complexity index is 488. The Morgan fingerprint density at radius 2 is 1.80 bits per heavy atom. The Morgan fingerprint density at radius 3 is 2.25 bits per heavy atom. The first kappa shape index (κ1) is 15.6. The van der Waals surface area contributed by atoms with Crippen LogP contribution in [0.15, 0.2) is 0 Å². The average Bonchev–Trinajstić information content (AvgIpc) is 3.10. The van der Waals surface area contributed by atoms with Crippen LogP contribution in [0.4, 0.5) is 13.2 Å². The van der Waals surface area contributed by atoms with Gasteiger partial charge in [-0.1, -0.05) is 0 Å². The summed E-state index contributed by atoms with van der Waals surface area (Å²) in [5.41, 5.74) is 0. The molecule has 116 valence electrons. The largest absolute Gasteiger partial charge is 0.408 e. The minimum Gasteiger partial charge on any atom is -0.329 e. The summed E-state index contributed by atoms with van der Waals surface area (Å²) in [7, 11) is -3.46. The number of sulfonamides is 1. The lowest BCUT2D eigenvalue weighted by molar-refractivity contribution is -0.196. The highest BCUT2D eigenvalue weighted by atomic mass is 32.2. The number of amides is 1. The van der Waals surface area contributed by atoms with Gasteiger partial charge in [-0.15, -0.1) is 0 Å². The summed E-state index contributed by atoms with van der Waals surface area (Å²) in [6, 6.07) is -2.45. The number of hydrogen-bond donors (Lipinski definition) is 1. The molecule has 0 spiro atoms. The van der Waals surface area contributed by atoms with Crippen LogP contribution in [0.2, 0.25) is 0 Å². The van der Waals surface area contributed by atoms with Gasteiger partial charge in [0.2, 0.25) is 15.9 Å². The van der Waals surface area contributed by atoms with Gasteiger partial charge in [0.1, 0.15) is 6.04 Å². The zero-order chi connectivity index (χ0) is 15.1. The van der Waals surface area contributed by atoms with Crippen LogP contribution in [0.25, 0.3) is 0 Å². The van der Waals surface area contributed by atoms with Gasteiger partial charge in [-0.3, -0.25) is 4.79 Å². The van der Waals surface area contributed by atoms with Crippen LogP contribution in [-0.4, -0.2) is 49.3 Å². The average molecular weight is 314 g/mol. The van der Waals surface area contributed by atoms with Crippen molar-refractivity contribution >= 4 is 15.9 Å². The number of piperidine rings is 1. The molecule has 20 heavy (non-hydrogen) atoms. The summed E-state index contributed by atoms with van der Waals surface area (Å²) in [6.07, 6.45) is -3.50. The van der Waals surface area contributed by atoms with Crippen molar-refractivity contribution < 1.29 is 26.4 Å². The van der Waals surface area contributed by atoms with Gasteiger partial charge in [-0.2, -0.15) is 13.2 Å². The van der Waals surface area contributed by atoms with Crippen molar-refractivity contribution in [3.8, 4) is 0 Å². The molecule has 2 unspecified atom stereocenters. The molecule has 1 amide bonds. The predicted octanol–water partition coefficient (Wildman–Crippen LogP) is 1.01. The topological polar surface area (TPSA) is 66.5 Å². The lowest BCUT2D eigenvalue weighted by Gasteiger charge is -2.40. The number of nitrogens with one attached hydrogen (secondary N) is 1. The van der Waals surface area contributed by atoms with Crippen LogP contribution in [0.3, 0.4) is 0 Å². The van der Waals surface area contributed by atoms with Crippen LogP contribution in [0.5, 0.6) is 0 Å². The fourth-order valence-corrected chi connectivity index (χ4v) is 4.07. The standard InChI is InChI=1S/C11H17F3N2O3S/c1-7(17)16-6-8(2-5-10(16)11(12,13)14)15-20(18,19)9-3-4-9/h8-10,15H,2-6H2,1H3. The second-order valence-electron chi connectivity index (χ2n) is 5.37. The van der Waals surface area contributed by atoms with E-state index in [2.05, 4.69) is 4.72 Å². The SMILES string of the molecule is CC(=O)N1CC(NS(=O)(=O)C2CC2)CCC1C(F)(F)F. The smallest absolute Gasteiger partial charge is 0.329 e. The lowest BCUT2D eigenvalue weighted by Crippen LogP contribution is -2.58. The van der Waals surface area contributed by atoms with E-state index in [1.165, 1.54) is 0 Å². The van der Waals surface area contributed by atoms with Gasteiger partial charge in [-0.25, -0.2) is 13.1 Å². The molecule has 1 N–H and O–H groups in total. The van der Waals surface area contributed by atoms with Crippen molar-refractivity contribution in [1.29, 1.82) is 0 Å². The zero-order valence-corrected chi connectivity index (χ0v) is 11.8. The Balaban J connectivity index is 2.05. The molecule has 1 saturated carbocycles. The molecule has 0 bridgehead atoms. The molecule has 0 aromatic heterocycles. The van der Waals surface area contributed by atoms with Crippen molar-refractivity contribution in [2.24, 2.45) is 0 Å². The molecular formula is C11H17F3N2O3S. The molecule has 0 radical (unpaired) electrons. The van der Waals surface area contributed by atoms with E-state index in [0.717, 1.165) is 6.92 Å². The minimum atomic E-state index is -4.48. The predicted molar refractivity (Wildman–Crippen MR) is 65.3 cm³/mol. The molecule has 2 rings (SSSR count). The number of likely N-dealkylation sites (tertiary alicyclic amines) is 1. The molecule has 1 aliphatic carbocycles. The van der Waals surface area contributed by atoms with E-state index in [0.29, 0.717) is 17.7 Å². The van der Waals surface area contributed by atoms with Crippen molar-refractivity contribution in [3.05, 3.63) is 0 Å². The number of rotatable bonds is 3. The van der Waals surface area contributed by atoms with E-state index in [1.807, 2.05) is 0 Å². The molecule has 2 aliphatic rings. The number of alkyl halides is 3. The molecule has 2 fully saturated rings. The quantitative estimate of drug-likeness (QED) is 0.845. The highest BCUT2D eigenvalue weighted by Gasteiger charge is 2.48. The van der Waals surface area contributed by atoms with Crippen LogP contribution in [0, 0.1) is 0 Å². The Kier molecular flexibility index (Phi) is 4.03. The number of carbonyl (C=O) groups excluding carboxylic acids is 1. The molecule has 0 aromatic rings. The van der Waals surface area contributed by atoms with Gasteiger partial charge in [0.15, 0.2) is 0 Å². The number of hydrogen-bond acceptors (Lipinski definition) is 3. The molecule has 2 atom stereocenters. The first-order valence-electron chi connectivity index (χ1n) is 6.46. The number of halogens is 3. The zero-order valence-electron chi connectivity index (χ0n) is 11.0. The molecule has 5 nitrogen and oxygen atoms in total. The van der Waals surface area contributed by atoms with Gasteiger partial charge < -0.3 is 4.90 Å². The highest BCUT2D eigenvalue weighted by Crippen LogP contribution is 2.33.